The topological polar surface area (TPSA) is 54.7 Å². The van der Waals surface area contributed by atoms with Crippen molar-refractivity contribution in [2.24, 2.45) is 5.92 Å². The van der Waals surface area contributed by atoms with Crippen molar-refractivity contribution in [3.8, 4) is 23.3 Å². The Balaban J connectivity index is 2.87. The van der Waals surface area contributed by atoms with Gasteiger partial charge in [0.2, 0.25) is 5.75 Å². The lowest BCUT2D eigenvalue weighted by atomic mass is 9.69. The van der Waals surface area contributed by atoms with Crippen molar-refractivity contribution in [1.29, 1.82) is 5.26 Å². The molecule has 0 aromatic heterocycles. The van der Waals surface area contributed by atoms with Crippen LogP contribution in [0.5, 0.6) is 17.2 Å². The summed E-state index contributed by atoms with van der Waals surface area (Å²) in [5.74, 6) is 1.88. The zero-order valence-electron chi connectivity index (χ0n) is 20.9. The van der Waals surface area contributed by atoms with Crippen molar-refractivity contribution >= 4 is 0 Å². The van der Waals surface area contributed by atoms with Crippen molar-refractivity contribution in [3.05, 3.63) is 17.7 Å². The fourth-order valence-electron chi connectivity index (χ4n) is 4.33. The third-order valence-corrected chi connectivity index (χ3v) is 6.37. The molecular formula is C26H44N2O3. The highest BCUT2D eigenvalue weighted by atomic mass is 16.5. The van der Waals surface area contributed by atoms with Crippen LogP contribution >= 0.6 is 0 Å². The molecule has 0 spiro atoms. The molecule has 1 unspecified atom stereocenters. The summed E-state index contributed by atoms with van der Waals surface area (Å²) in [5.41, 5.74) is 0.232. The number of nitrogens with zero attached hydrogens (tertiary/aromatic N) is 2. The minimum Gasteiger partial charge on any atom is -0.493 e. The lowest BCUT2D eigenvalue weighted by Gasteiger charge is -2.34. The summed E-state index contributed by atoms with van der Waals surface area (Å²) in [7, 11) is 7.02. The van der Waals surface area contributed by atoms with Crippen LogP contribution < -0.4 is 14.2 Å². The van der Waals surface area contributed by atoms with Gasteiger partial charge in [-0.1, -0.05) is 52.9 Å². The average Bonchev–Trinajstić information content (AvgIpc) is 2.77. The predicted octanol–water partition coefficient (Wildman–Crippen LogP) is 6.20. The predicted molar refractivity (Wildman–Crippen MR) is 128 cm³/mol. The number of rotatable bonds is 16. The van der Waals surface area contributed by atoms with Crippen LogP contribution in [0, 0.1) is 17.2 Å². The first-order valence-electron chi connectivity index (χ1n) is 11.8. The third kappa shape index (κ3) is 7.31. The van der Waals surface area contributed by atoms with Crippen LogP contribution in [0.25, 0.3) is 0 Å². The molecule has 0 N–H and O–H groups in total. The van der Waals surface area contributed by atoms with Crippen molar-refractivity contribution in [2.45, 2.75) is 77.6 Å². The molecule has 0 saturated carbocycles. The Hall–Kier alpha value is -1.93. The number of nitriles is 1. The molecular weight excluding hydrogens is 388 g/mol. The van der Waals surface area contributed by atoms with Gasteiger partial charge in [-0.2, -0.15) is 5.26 Å². The van der Waals surface area contributed by atoms with Crippen LogP contribution in [0.3, 0.4) is 0 Å². The number of benzene rings is 1. The monoisotopic (exact) mass is 432 g/mol. The average molecular weight is 433 g/mol. The van der Waals surface area contributed by atoms with Gasteiger partial charge >= 0.3 is 0 Å². The van der Waals surface area contributed by atoms with Gasteiger partial charge < -0.3 is 19.1 Å². The first-order chi connectivity index (χ1) is 14.9. The van der Waals surface area contributed by atoms with Gasteiger partial charge in [0.1, 0.15) is 0 Å². The maximum Gasteiger partial charge on any atom is 0.203 e. The fourth-order valence-corrected chi connectivity index (χ4v) is 4.33. The van der Waals surface area contributed by atoms with Crippen LogP contribution in [0.1, 0.15) is 77.7 Å². The second-order valence-corrected chi connectivity index (χ2v) is 8.79. The van der Waals surface area contributed by atoms with Gasteiger partial charge in [-0.3, -0.25) is 0 Å². The molecule has 0 fully saturated rings. The fraction of sp³-hybridized carbons (Fsp3) is 0.731. The van der Waals surface area contributed by atoms with Gasteiger partial charge in [-0.25, -0.2) is 0 Å². The number of hydrogen-bond donors (Lipinski definition) is 0. The highest BCUT2D eigenvalue weighted by Gasteiger charge is 2.39. The van der Waals surface area contributed by atoms with E-state index in [0.717, 1.165) is 31.5 Å². The van der Waals surface area contributed by atoms with E-state index in [-0.39, 0.29) is 5.92 Å². The Bertz CT molecular complexity index is 684. The molecule has 0 bridgehead atoms. The maximum atomic E-state index is 10.3. The highest BCUT2D eigenvalue weighted by molar-refractivity contribution is 5.59. The molecule has 31 heavy (non-hydrogen) atoms. The molecule has 0 aliphatic rings. The van der Waals surface area contributed by atoms with E-state index in [2.05, 4.69) is 38.8 Å². The molecule has 1 atom stereocenters. The van der Waals surface area contributed by atoms with Crippen LogP contribution in [-0.2, 0) is 5.41 Å². The van der Waals surface area contributed by atoms with Crippen molar-refractivity contribution in [2.75, 3.05) is 41.5 Å². The zero-order chi connectivity index (χ0) is 23.3. The Labute approximate surface area is 190 Å². The van der Waals surface area contributed by atoms with Crippen LogP contribution in [0.2, 0.25) is 0 Å². The molecule has 1 rings (SSSR count). The second-order valence-electron chi connectivity index (χ2n) is 8.79. The van der Waals surface area contributed by atoms with Crippen molar-refractivity contribution < 1.29 is 14.2 Å². The van der Waals surface area contributed by atoms with E-state index >= 15 is 0 Å². The van der Waals surface area contributed by atoms with Crippen LogP contribution in [0.4, 0.5) is 0 Å². The normalized spacial score (nSPS) is 13.2. The minimum atomic E-state index is -0.647. The summed E-state index contributed by atoms with van der Waals surface area (Å²) in [6.07, 6.45) is 9.61. The molecule has 0 radical (unpaired) electrons. The SMILES string of the molecule is CCCCCCCCN(C)CCCC(C#N)(c1ccc(OC)c(OC)c1OC)C(C)C. The van der Waals surface area contributed by atoms with Crippen molar-refractivity contribution in [3.63, 3.8) is 0 Å². The smallest absolute Gasteiger partial charge is 0.203 e. The molecule has 1 aromatic carbocycles. The van der Waals surface area contributed by atoms with Gasteiger partial charge in [0.05, 0.1) is 32.8 Å². The van der Waals surface area contributed by atoms with Gasteiger partial charge in [0, 0.05) is 5.56 Å². The van der Waals surface area contributed by atoms with Crippen molar-refractivity contribution in [1.82, 2.24) is 4.90 Å². The summed E-state index contributed by atoms with van der Waals surface area (Å²) in [6.45, 7) is 8.58. The minimum absolute atomic E-state index is 0.133. The molecule has 0 saturated heterocycles. The van der Waals surface area contributed by atoms with E-state index in [1.54, 1.807) is 21.3 Å². The summed E-state index contributed by atoms with van der Waals surface area (Å²) in [6, 6.07) is 6.48. The lowest BCUT2D eigenvalue weighted by Crippen LogP contribution is -2.33. The number of methoxy groups -OCH3 is 3. The summed E-state index contributed by atoms with van der Waals surface area (Å²) in [4.78, 5) is 2.40. The van der Waals surface area contributed by atoms with E-state index in [1.807, 2.05) is 12.1 Å². The first kappa shape index (κ1) is 27.1. The lowest BCUT2D eigenvalue weighted by molar-refractivity contribution is 0.276. The van der Waals surface area contributed by atoms with Crippen LogP contribution in [0.15, 0.2) is 12.1 Å². The van der Waals surface area contributed by atoms with E-state index in [0.29, 0.717) is 17.2 Å². The third-order valence-electron chi connectivity index (χ3n) is 6.37. The molecule has 1 aromatic rings. The zero-order valence-corrected chi connectivity index (χ0v) is 20.9. The van der Waals surface area contributed by atoms with E-state index in [9.17, 15) is 5.26 Å². The van der Waals surface area contributed by atoms with E-state index in [4.69, 9.17) is 14.2 Å². The van der Waals surface area contributed by atoms with E-state index < -0.39 is 5.41 Å². The summed E-state index contributed by atoms with van der Waals surface area (Å²) < 4.78 is 16.7. The number of hydrogen-bond acceptors (Lipinski definition) is 5. The molecule has 0 heterocycles. The van der Waals surface area contributed by atoms with Gasteiger partial charge in [-0.15, -0.1) is 0 Å². The molecule has 0 amide bonds. The molecule has 176 valence electrons. The second kappa shape index (κ2) is 14.2. The number of ether oxygens (including phenoxy) is 3. The van der Waals surface area contributed by atoms with Crippen LogP contribution in [-0.4, -0.2) is 46.4 Å². The standard InChI is InChI=1S/C26H44N2O3/c1-8-9-10-11-12-13-18-28(4)19-14-17-26(20-27,21(2)3)22-15-16-23(29-5)25(31-7)24(22)30-6/h15-16,21H,8-14,17-19H2,1-7H3. The summed E-state index contributed by atoms with van der Waals surface area (Å²) in [5, 5.41) is 10.3. The Morgan fingerprint density at radius 3 is 2.06 bits per heavy atom. The molecule has 0 aliphatic carbocycles. The largest absolute Gasteiger partial charge is 0.493 e. The Kier molecular flexibility index (Phi) is 12.4. The highest BCUT2D eigenvalue weighted by Crippen LogP contribution is 2.48. The van der Waals surface area contributed by atoms with E-state index in [1.165, 1.54) is 38.5 Å². The number of unbranched alkanes of at least 4 members (excludes halogenated alkanes) is 5. The summed E-state index contributed by atoms with van der Waals surface area (Å²) >= 11 is 0. The van der Waals surface area contributed by atoms with Gasteiger partial charge in [0.25, 0.3) is 0 Å². The Morgan fingerprint density at radius 2 is 1.52 bits per heavy atom. The Morgan fingerprint density at radius 1 is 0.903 bits per heavy atom. The molecule has 5 heteroatoms. The molecule has 0 aliphatic heterocycles. The maximum absolute atomic E-state index is 10.3. The quantitative estimate of drug-likeness (QED) is 0.291. The first-order valence-corrected chi connectivity index (χ1v) is 11.8. The molecule has 5 nitrogen and oxygen atoms in total. The van der Waals surface area contributed by atoms with Gasteiger partial charge in [-0.05, 0) is 57.5 Å². The van der Waals surface area contributed by atoms with Gasteiger partial charge in [0.15, 0.2) is 11.5 Å².